The Morgan fingerprint density at radius 1 is 1.00 bits per heavy atom. The third-order valence-corrected chi connectivity index (χ3v) is 6.13. The Morgan fingerprint density at radius 3 is 2.32 bits per heavy atom. The van der Waals surface area contributed by atoms with Crippen LogP contribution in [0.1, 0.15) is 64.9 Å². The predicted octanol–water partition coefficient (Wildman–Crippen LogP) is 0.837. The molecule has 0 aromatic heterocycles. The predicted molar refractivity (Wildman–Crippen MR) is 135 cm³/mol. The van der Waals surface area contributed by atoms with E-state index in [9.17, 15) is 24.0 Å². The van der Waals surface area contributed by atoms with E-state index in [4.69, 9.17) is 15.2 Å². The minimum atomic E-state index is -1.11. The lowest BCUT2D eigenvalue weighted by molar-refractivity contribution is -0.145. The van der Waals surface area contributed by atoms with Gasteiger partial charge in [-0.2, -0.15) is 0 Å². The van der Waals surface area contributed by atoms with Crippen LogP contribution >= 0.6 is 0 Å². The molecule has 1 aliphatic carbocycles. The molecule has 0 aliphatic heterocycles. The molecule has 2 rings (SSSR count). The van der Waals surface area contributed by atoms with E-state index in [1.807, 2.05) is 30.3 Å². The van der Waals surface area contributed by atoms with Crippen LogP contribution in [0.25, 0.3) is 0 Å². The molecule has 1 aromatic carbocycles. The van der Waals surface area contributed by atoms with Gasteiger partial charge in [0.2, 0.25) is 23.6 Å². The molecule has 4 amide bonds. The van der Waals surface area contributed by atoms with E-state index >= 15 is 0 Å². The van der Waals surface area contributed by atoms with Crippen molar-refractivity contribution in [2.24, 2.45) is 5.73 Å². The average molecular weight is 519 g/mol. The van der Waals surface area contributed by atoms with Crippen molar-refractivity contribution in [2.45, 2.75) is 96.2 Å². The van der Waals surface area contributed by atoms with Crippen molar-refractivity contribution in [3.63, 3.8) is 0 Å². The molecular formula is C26H38N4O7. The molecule has 0 saturated heterocycles. The first-order valence-electron chi connectivity index (χ1n) is 12.6. The first-order valence-corrected chi connectivity index (χ1v) is 12.6. The molecule has 37 heavy (non-hydrogen) atoms. The maximum Gasteiger partial charge on any atom is 0.306 e. The minimum absolute atomic E-state index is 0.0406. The average Bonchev–Trinajstić information content (AvgIpc) is 2.86. The molecule has 11 heteroatoms. The number of ether oxygens (including phenoxy) is 2. The smallest absolute Gasteiger partial charge is 0.306 e. The van der Waals surface area contributed by atoms with Crippen LogP contribution < -0.4 is 21.7 Å². The summed E-state index contributed by atoms with van der Waals surface area (Å²) in [5.41, 5.74) is 6.22. The Morgan fingerprint density at radius 2 is 1.68 bits per heavy atom. The van der Waals surface area contributed by atoms with Crippen molar-refractivity contribution < 1.29 is 33.4 Å². The highest BCUT2D eigenvalue weighted by Gasteiger charge is 2.31. The number of hydrogen-bond donors (Lipinski definition) is 4. The normalized spacial score (nSPS) is 19.5. The Bertz CT molecular complexity index is 940. The van der Waals surface area contributed by atoms with Gasteiger partial charge in [0, 0.05) is 13.3 Å². The number of carbonyl (C=O) groups excluding carboxylic acids is 5. The van der Waals surface area contributed by atoms with E-state index in [-0.39, 0.29) is 37.5 Å². The lowest BCUT2D eigenvalue weighted by atomic mass is 9.92. The third kappa shape index (κ3) is 10.6. The zero-order chi connectivity index (χ0) is 27.4. The second-order valence-corrected chi connectivity index (χ2v) is 9.29. The second-order valence-electron chi connectivity index (χ2n) is 9.29. The van der Waals surface area contributed by atoms with E-state index in [0.29, 0.717) is 6.42 Å². The number of hydrogen-bond acceptors (Lipinski definition) is 7. The SMILES string of the molecule is CC(=O)N[C@@H]1CCCC[C@H]1OC(C)C(=O)N[C@@H](C)C(=O)N[C@H](CCC(=O)OCc1ccccc1)C(N)=O. The van der Waals surface area contributed by atoms with Gasteiger partial charge in [0.25, 0.3) is 0 Å². The lowest BCUT2D eigenvalue weighted by Crippen LogP contribution is -2.54. The van der Waals surface area contributed by atoms with E-state index < -0.39 is 41.9 Å². The highest BCUT2D eigenvalue weighted by atomic mass is 16.5. The standard InChI is InChI=1S/C26H38N4O7/c1-16(28-26(35)17(2)37-22-12-8-7-11-20(22)29-18(3)31)25(34)30-21(24(27)33)13-14-23(32)36-15-19-9-5-4-6-10-19/h4-6,9-10,16-17,20-22H,7-8,11-15H2,1-3H3,(H2,27,33)(H,28,35)(H,29,31)(H,30,34)/t16-,17?,20+,21+,22+/m0/s1. The summed E-state index contributed by atoms with van der Waals surface area (Å²) < 4.78 is 11.1. The van der Waals surface area contributed by atoms with Gasteiger partial charge in [0.15, 0.2) is 0 Å². The zero-order valence-corrected chi connectivity index (χ0v) is 21.7. The van der Waals surface area contributed by atoms with Gasteiger partial charge < -0.3 is 31.2 Å². The van der Waals surface area contributed by atoms with Crippen molar-refractivity contribution in [1.29, 1.82) is 0 Å². The number of nitrogens with two attached hydrogens (primary N) is 1. The summed E-state index contributed by atoms with van der Waals surface area (Å²) in [5.74, 6) is -2.63. The number of nitrogens with one attached hydrogen (secondary N) is 3. The molecular weight excluding hydrogens is 480 g/mol. The van der Waals surface area contributed by atoms with Gasteiger partial charge in [-0.3, -0.25) is 24.0 Å². The van der Waals surface area contributed by atoms with Crippen LogP contribution in [0.5, 0.6) is 0 Å². The monoisotopic (exact) mass is 518 g/mol. The quantitative estimate of drug-likeness (QED) is 0.281. The molecule has 0 spiro atoms. The lowest BCUT2D eigenvalue weighted by Gasteiger charge is -2.33. The van der Waals surface area contributed by atoms with Gasteiger partial charge in [-0.15, -0.1) is 0 Å². The maximum absolute atomic E-state index is 12.6. The summed E-state index contributed by atoms with van der Waals surface area (Å²) in [6.45, 7) is 4.58. The molecule has 1 aliphatic rings. The van der Waals surface area contributed by atoms with Gasteiger partial charge >= 0.3 is 5.97 Å². The Labute approximate surface area is 217 Å². The van der Waals surface area contributed by atoms with Crippen LogP contribution in [0.15, 0.2) is 30.3 Å². The summed E-state index contributed by atoms with van der Waals surface area (Å²) in [5, 5.41) is 7.91. The topological polar surface area (TPSA) is 166 Å². The summed E-state index contributed by atoms with van der Waals surface area (Å²) >= 11 is 0. The minimum Gasteiger partial charge on any atom is -0.461 e. The maximum atomic E-state index is 12.6. The highest BCUT2D eigenvalue weighted by molar-refractivity contribution is 5.92. The van der Waals surface area contributed by atoms with Gasteiger partial charge in [-0.1, -0.05) is 43.2 Å². The van der Waals surface area contributed by atoms with Crippen LogP contribution in [-0.4, -0.2) is 59.9 Å². The van der Waals surface area contributed by atoms with Crippen molar-refractivity contribution >= 4 is 29.6 Å². The largest absolute Gasteiger partial charge is 0.461 e. The summed E-state index contributed by atoms with van der Waals surface area (Å²) in [6, 6.07) is 6.88. The molecule has 1 unspecified atom stereocenters. The van der Waals surface area contributed by atoms with Crippen molar-refractivity contribution in [2.75, 3.05) is 0 Å². The molecule has 5 N–H and O–H groups in total. The van der Waals surface area contributed by atoms with Gasteiger partial charge in [0.05, 0.1) is 12.1 Å². The molecule has 5 atom stereocenters. The molecule has 11 nitrogen and oxygen atoms in total. The fourth-order valence-corrected chi connectivity index (χ4v) is 4.06. The summed E-state index contributed by atoms with van der Waals surface area (Å²) in [6.07, 6.45) is 2.06. The summed E-state index contributed by atoms with van der Waals surface area (Å²) in [7, 11) is 0. The van der Waals surface area contributed by atoms with Gasteiger partial charge in [-0.25, -0.2) is 0 Å². The first-order chi connectivity index (χ1) is 17.6. The van der Waals surface area contributed by atoms with Crippen molar-refractivity contribution in [1.82, 2.24) is 16.0 Å². The zero-order valence-electron chi connectivity index (χ0n) is 21.7. The number of benzene rings is 1. The number of amides is 4. The van der Waals surface area contributed by atoms with E-state index in [2.05, 4.69) is 16.0 Å². The number of carbonyl (C=O) groups is 5. The van der Waals surface area contributed by atoms with Gasteiger partial charge in [-0.05, 0) is 38.7 Å². The molecule has 0 heterocycles. The van der Waals surface area contributed by atoms with Crippen molar-refractivity contribution in [3.05, 3.63) is 35.9 Å². The molecule has 0 bridgehead atoms. The Balaban J connectivity index is 1.80. The number of primary amides is 1. The molecule has 204 valence electrons. The van der Waals surface area contributed by atoms with Crippen LogP contribution in [0, 0.1) is 0 Å². The summed E-state index contributed by atoms with van der Waals surface area (Å²) in [4.78, 5) is 60.6. The highest BCUT2D eigenvalue weighted by Crippen LogP contribution is 2.22. The fraction of sp³-hybridized carbons (Fsp3) is 0.577. The third-order valence-electron chi connectivity index (χ3n) is 6.13. The molecule has 0 radical (unpaired) electrons. The second kappa shape index (κ2) is 14.9. The Kier molecular flexibility index (Phi) is 12.0. The van der Waals surface area contributed by atoms with E-state index in [0.717, 1.165) is 24.8 Å². The van der Waals surface area contributed by atoms with Crippen LogP contribution in [0.2, 0.25) is 0 Å². The number of esters is 1. The van der Waals surface area contributed by atoms with Crippen LogP contribution in [0.3, 0.4) is 0 Å². The molecule has 1 fully saturated rings. The van der Waals surface area contributed by atoms with E-state index in [1.54, 1.807) is 6.92 Å². The number of rotatable bonds is 13. The van der Waals surface area contributed by atoms with Crippen LogP contribution in [-0.2, 0) is 40.1 Å². The van der Waals surface area contributed by atoms with Crippen molar-refractivity contribution in [3.8, 4) is 0 Å². The fourth-order valence-electron chi connectivity index (χ4n) is 4.06. The molecule has 1 aromatic rings. The Hall–Kier alpha value is -3.47. The van der Waals surface area contributed by atoms with Crippen LogP contribution in [0.4, 0.5) is 0 Å². The van der Waals surface area contributed by atoms with Gasteiger partial charge in [0.1, 0.15) is 24.8 Å². The first kappa shape index (κ1) is 29.8. The molecule has 1 saturated carbocycles. The van der Waals surface area contributed by atoms with E-state index in [1.165, 1.54) is 13.8 Å².